The number of ketones is 1. The van der Waals surface area contributed by atoms with E-state index in [0.717, 1.165) is 12.8 Å². The summed E-state index contributed by atoms with van der Waals surface area (Å²) in [7, 11) is 0. The molecule has 0 heterocycles. The molecular weight excluding hydrogens is 294 g/mol. The van der Waals surface area contributed by atoms with Gasteiger partial charge in [0.25, 0.3) is 0 Å². The summed E-state index contributed by atoms with van der Waals surface area (Å²) in [6, 6.07) is 0. The molecule has 0 aromatic rings. The number of hydrogen-bond acceptors (Lipinski definition) is 5. The molecule has 0 N–H and O–H groups in total. The van der Waals surface area contributed by atoms with Crippen molar-refractivity contribution in [2.75, 3.05) is 13.2 Å². The summed E-state index contributed by atoms with van der Waals surface area (Å²) in [5.41, 5.74) is 0. The first-order valence-corrected chi connectivity index (χ1v) is 5.92. The van der Waals surface area contributed by atoms with Gasteiger partial charge in [-0.15, -0.1) is 0 Å². The Labute approximate surface area is 122 Å². The maximum absolute atomic E-state index is 11.4. The molecule has 0 atom stereocenters. The third-order valence-corrected chi connectivity index (χ3v) is 1.83. The Morgan fingerprint density at radius 3 is 1.83 bits per heavy atom. The zero-order chi connectivity index (χ0) is 13.3. The van der Waals surface area contributed by atoms with Gasteiger partial charge in [0.05, 0.1) is 13.2 Å². The molecule has 0 aromatic carbocycles. The maximum atomic E-state index is 11.4. The molecule has 0 aliphatic heterocycles. The minimum atomic E-state index is -1.39. The van der Waals surface area contributed by atoms with Crippen LogP contribution < -0.4 is 0 Å². The van der Waals surface area contributed by atoms with Crippen molar-refractivity contribution in [1.29, 1.82) is 0 Å². The first-order valence-electron chi connectivity index (χ1n) is 5.92. The van der Waals surface area contributed by atoms with Crippen LogP contribution in [0.5, 0.6) is 0 Å². The molecule has 0 saturated heterocycles. The van der Waals surface area contributed by atoms with E-state index >= 15 is 0 Å². The molecule has 0 aliphatic carbocycles. The Bertz CT molecular complexity index is 247. The SMILES string of the molecule is CCCOC(C)(OCCC)OC(=O)CC(C)=O.[GaH3]. The van der Waals surface area contributed by atoms with E-state index in [9.17, 15) is 9.59 Å². The molecule has 0 rings (SSSR count). The van der Waals surface area contributed by atoms with Crippen LogP contribution in [0.1, 0.15) is 47.0 Å². The average molecular weight is 319 g/mol. The van der Waals surface area contributed by atoms with E-state index in [2.05, 4.69) is 0 Å². The zero-order valence-corrected chi connectivity index (χ0v) is 11.1. The number of Topliss-reactive ketones (excluding diaryl/α,β-unsaturated/α-hetero) is 1. The Balaban J connectivity index is 0. The molecule has 6 heteroatoms. The molecule has 0 aromatic heterocycles. The predicted molar refractivity (Wildman–Crippen MR) is 72.2 cm³/mol. The van der Waals surface area contributed by atoms with Gasteiger partial charge >= 0.3 is 31.7 Å². The Morgan fingerprint density at radius 1 is 1.06 bits per heavy atom. The van der Waals surface area contributed by atoms with Crippen LogP contribution in [0.2, 0.25) is 0 Å². The van der Waals surface area contributed by atoms with E-state index in [0.29, 0.717) is 13.2 Å². The van der Waals surface area contributed by atoms with Gasteiger partial charge < -0.3 is 14.2 Å². The van der Waals surface area contributed by atoms with Gasteiger partial charge in [0.15, 0.2) is 0 Å². The van der Waals surface area contributed by atoms with Crippen LogP contribution >= 0.6 is 0 Å². The molecule has 0 fully saturated rings. The van der Waals surface area contributed by atoms with Crippen LogP contribution in [0.15, 0.2) is 0 Å². The summed E-state index contributed by atoms with van der Waals surface area (Å²) in [6.45, 7) is 7.60. The van der Waals surface area contributed by atoms with Crippen molar-refractivity contribution in [1.82, 2.24) is 0 Å². The summed E-state index contributed by atoms with van der Waals surface area (Å²) in [6.07, 6.45) is 1.31. The number of carbonyl (C=O) groups excluding carboxylic acids is 2. The number of ether oxygens (including phenoxy) is 3. The third-order valence-electron chi connectivity index (χ3n) is 1.83. The molecule has 5 nitrogen and oxygen atoms in total. The van der Waals surface area contributed by atoms with Crippen molar-refractivity contribution in [2.24, 2.45) is 0 Å². The Hall–Kier alpha value is -0.304. The second kappa shape index (κ2) is 10.6. The van der Waals surface area contributed by atoms with E-state index in [4.69, 9.17) is 14.2 Å². The summed E-state index contributed by atoms with van der Waals surface area (Å²) in [5, 5.41) is 0. The van der Waals surface area contributed by atoms with Crippen molar-refractivity contribution in [3.63, 3.8) is 0 Å². The number of rotatable bonds is 9. The molecule has 0 saturated carbocycles. The quantitative estimate of drug-likeness (QED) is 0.273. The van der Waals surface area contributed by atoms with Crippen molar-refractivity contribution in [3.05, 3.63) is 0 Å². The van der Waals surface area contributed by atoms with E-state index in [-0.39, 0.29) is 32.0 Å². The Morgan fingerprint density at radius 2 is 1.50 bits per heavy atom. The minimum absolute atomic E-state index is 0. The van der Waals surface area contributed by atoms with E-state index in [1.54, 1.807) is 0 Å². The van der Waals surface area contributed by atoms with Crippen LogP contribution in [0.3, 0.4) is 0 Å². The summed E-state index contributed by atoms with van der Waals surface area (Å²) in [5.74, 6) is -2.27. The average Bonchev–Trinajstić information content (AvgIpc) is 2.22. The molecule has 0 aliphatic rings. The van der Waals surface area contributed by atoms with Gasteiger partial charge in [0, 0.05) is 6.92 Å². The third kappa shape index (κ3) is 9.70. The van der Waals surface area contributed by atoms with Crippen LogP contribution in [0.25, 0.3) is 0 Å². The normalized spacial score (nSPS) is 10.7. The molecule has 0 amide bonds. The molecule has 0 unspecified atom stereocenters. The van der Waals surface area contributed by atoms with E-state index < -0.39 is 11.9 Å². The van der Waals surface area contributed by atoms with Gasteiger partial charge in [0.2, 0.25) is 0 Å². The number of hydrogen-bond donors (Lipinski definition) is 0. The van der Waals surface area contributed by atoms with Crippen molar-refractivity contribution in [2.45, 2.75) is 52.9 Å². The van der Waals surface area contributed by atoms with Gasteiger partial charge in [-0.1, -0.05) is 13.8 Å². The number of esters is 1. The molecular formula is C12H25GaO5. The number of carbonyl (C=O) groups is 2. The Kier molecular flexibility index (Phi) is 11.8. The van der Waals surface area contributed by atoms with Crippen LogP contribution in [-0.4, -0.2) is 50.7 Å². The van der Waals surface area contributed by atoms with Gasteiger partial charge in [-0.3, -0.25) is 9.59 Å². The van der Waals surface area contributed by atoms with Crippen molar-refractivity contribution < 1.29 is 23.8 Å². The second-order valence-electron chi connectivity index (χ2n) is 3.91. The summed E-state index contributed by atoms with van der Waals surface area (Å²) < 4.78 is 15.8. The topological polar surface area (TPSA) is 61.8 Å². The molecule has 18 heavy (non-hydrogen) atoms. The molecule has 0 radical (unpaired) electrons. The fraction of sp³-hybridized carbons (Fsp3) is 0.833. The standard InChI is InChI=1S/C12H22O5.Ga.3H/c1-5-7-15-12(4,16-8-6-2)17-11(14)9-10(3)13;;;;/h5-9H2,1-4H3;;;;. The zero-order valence-electron chi connectivity index (χ0n) is 11.1. The predicted octanol–water partition coefficient (Wildman–Crippen LogP) is 0.852. The monoisotopic (exact) mass is 318 g/mol. The summed E-state index contributed by atoms with van der Waals surface area (Å²) >= 11 is 0. The van der Waals surface area contributed by atoms with Gasteiger partial charge in [0.1, 0.15) is 12.2 Å². The molecule has 106 valence electrons. The van der Waals surface area contributed by atoms with E-state index in [1.807, 2.05) is 13.8 Å². The fourth-order valence-electron chi connectivity index (χ4n) is 1.12. The fourth-order valence-corrected chi connectivity index (χ4v) is 1.12. The van der Waals surface area contributed by atoms with Crippen molar-refractivity contribution in [3.8, 4) is 0 Å². The molecule has 0 spiro atoms. The van der Waals surface area contributed by atoms with Crippen LogP contribution in [-0.2, 0) is 23.8 Å². The van der Waals surface area contributed by atoms with Gasteiger partial charge in [-0.05, 0) is 19.8 Å². The van der Waals surface area contributed by atoms with Crippen molar-refractivity contribution >= 4 is 31.5 Å². The first kappa shape index (κ1) is 20.0. The second-order valence-corrected chi connectivity index (χ2v) is 3.91. The van der Waals surface area contributed by atoms with Crippen LogP contribution in [0.4, 0.5) is 0 Å². The van der Waals surface area contributed by atoms with Gasteiger partial charge in [-0.2, -0.15) is 0 Å². The van der Waals surface area contributed by atoms with Crippen LogP contribution in [0, 0.1) is 0 Å². The van der Waals surface area contributed by atoms with E-state index in [1.165, 1.54) is 13.8 Å². The first-order chi connectivity index (χ1) is 7.93. The molecule has 0 bridgehead atoms. The summed E-state index contributed by atoms with van der Waals surface area (Å²) in [4.78, 5) is 22.2. The van der Waals surface area contributed by atoms with Gasteiger partial charge in [-0.25, -0.2) is 0 Å².